The molecule has 0 N–H and O–H groups in total. The zero-order valence-corrected chi connectivity index (χ0v) is 9.01. The van der Waals surface area contributed by atoms with Gasteiger partial charge in [-0.1, -0.05) is 38.1 Å². The van der Waals surface area contributed by atoms with Crippen LogP contribution in [0.1, 0.15) is 30.9 Å². The first-order valence-electron chi connectivity index (χ1n) is 4.39. The molecule has 1 aromatic carbocycles. The Morgan fingerprint density at radius 2 is 2.00 bits per heavy atom. The predicted molar refractivity (Wildman–Crippen MR) is 54.3 cm³/mol. The van der Waals surface area contributed by atoms with Crippen LogP contribution < -0.4 is 0 Å². The first kappa shape index (κ1) is 11.2. The van der Waals surface area contributed by atoms with Crippen LogP contribution in [0.2, 0.25) is 0 Å². The molecule has 0 unspecified atom stereocenters. The van der Waals surface area contributed by atoms with Gasteiger partial charge in [-0.25, -0.2) is 0 Å². The van der Waals surface area contributed by atoms with Crippen molar-refractivity contribution < 1.29 is 12.3 Å². The minimum absolute atomic E-state index is 0.317. The van der Waals surface area contributed by atoms with E-state index in [4.69, 9.17) is 0 Å². The van der Waals surface area contributed by atoms with Crippen molar-refractivity contribution in [1.82, 2.24) is 0 Å². The summed E-state index contributed by atoms with van der Waals surface area (Å²) < 4.78 is 33.2. The zero-order chi connectivity index (χ0) is 10.8. The van der Waals surface area contributed by atoms with E-state index in [1.165, 1.54) is 0 Å². The normalized spacial score (nSPS) is 12.0. The zero-order valence-electron chi connectivity index (χ0n) is 8.20. The Morgan fingerprint density at radius 3 is 2.50 bits per heavy atom. The van der Waals surface area contributed by atoms with Gasteiger partial charge in [-0.15, -0.1) is 3.89 Å². The van der Waals surface area contributed by atoms with Crippen LogP contribution in [-0.2, 0) is 16.0 Å². The molecule has 1 rings (SSSR count). The topological polar surface area (TPSA) is 34.1 Å². The minimum atomic E-state index is -4.42. The summed E-state index contributed by atoms with van der Waals surface area (Å²) >= 11 is 0. The smallest absolute Gasteiger partial charge is 0.194 e. The molecule has 0 aliphatic carbocycles. The average Bonchev–Trinajstić information content (AvgIpc) is 2.01. The lowest BCUT2D eigenvalue weighted by Crippen LogP contribution is -1.97. The van der Waals surface area contributed by atoms with Crippen molar-refractivity contribution in [3.63, 3.8) is 0 Å². The Bertz CT molecular complexity index is 410. The molecule has 78 valence electrons. The molecular weight excluding hydrogens is 203 g/mol. The SMILES string of the molecule is CC(C)c1cccc(CS(=O)(=O)F)c1. The molecule has 0 atom stereocenters. The molecule has 0 radical (unpaired) electrons. The van der Waals surface area contributed by atoms with Gasteiger partial charge in [-0.2, -0.15) is 8.42 Å². The molecule has 0 aliphatic heterocycles. The summed E-state index contributed by atoms with van der Waals surface area (Å²) in [5.41, 5.74) is 1.52. The summed E-state index contributed by atoms with van der Waals surface area (Å²) in [5.74, 6) is -0.217. The van der Waals surface area contributed by atoms with Gasteiger partial charge in [0.2, 0.25) is 0 Å². The fraction of sp³-hybridized carbons (Fsp3) is 0.400. The van der Waals surface area contributed by atoms with E-state index in [9.17, 15) is 12.3 Å². The molecule has 0 amide bonds. The Balaban J connectivity index is 2.95. The van der Waals surface area contributed by atoms with E-state index in [0.29, 0.717) is 11.5 Å². The molecule has 0 spiro atoms. The van der Waals surface area contributed by atoms with E-state index in [1.807, 2.05) is 19.9 Å². The Kier molecular flexibility index (Phi) is 3.26. The molecule has 0 bridgehead atoms. The van der Waals surface area contributed by atoms with E-state index < -0.39 is 16.0 Å². The first-order chi connectivity index (χ1) is 6.38. The predicted octanol–water partition coefficient (Wildman–Crippen LogP) is 2.61. The van der Waals surface area contributed by atoms with Gasteiger partial charge in [0, 0.05) is 0 Å². The summed E-state index contributed by atoms with van der Waals surface area (Å²) in [6.07, 6.45) is 0. The molecular formula is C10H13FO2S. The Hall–Kier alpha value is -0.900. The maximum absolute atomic E-state index is 12.4. The van der Waals surface area contributed by atoms with Crippen molar-refractivity contribution in [2.45, 2.75) is 25.5 Å². The molecule has 0 saturated heterocycles. The average molecular weight is 216 g/mol. The lowest BCUT2D eigenvalue weighted by Gasteiger charge is -2.06. The van der Waals surface area contributed by atoms with Crippen LogP contribution in [0, 0.1) is 0 Å². The van der Waals surface area contributed by atoms with Crippen LogP contribution in [0.15, 0.2) is 24.3 Å². The minimum Gasteiger partial charge on any atom is -0.194 e. The third-order valence-corrected chi connectivity index (χ3v) is 2.63. The molecule has 0 saturated carbocycles. The summed E-state index contributed by atoms with van der Waals surface area (Å²) in [5, 5.41) is 0. The molecule has 2 nitrogen and oxygen atoms in total. The van der Waals surface area contributed by atoms with Crippen LogP contribution in [-0.4, -0.2) is 8.42 Å². The van der Waals surface area contributed by atoms with Crippen LogP contribution in [0.5, 0.6) is 0 Å². The van der Waals surface area contributed by atoms with E-state index in [2.05, 4.69) is 0 Å². The van der Waals surface area contributed by atoms with Gasteiger partial charge in [0.1, 0.15) is 5.75 Å². The highest BCUT2D eigenvalue weighted by Gasteiger charge is 2.09. The number of hydrogen-bond acceptors (Lipinski definition) is 2. The van der Waals surface area contributed by atoms with Gasteiger partial charge in [0.05, 0.1) is 0 Å². The fourth-order valence-corrected chi connectivity index (χ4v) is 1.82. The van der Waals surface area contributed by atoms with Crippen molar-refractivity contribution in [1.29, 1.82) is 0 Å². The third-order valence-electron chi connectivity index (χ3n) is 1.96. The van der Waals surface area contributed by atoms with Gasteiger partial charge < -0.3 is 0 Å². The van der Waals surface area contributed by atoms with Crippen molar-refractivity contribution in [3.05, 3.63) is 35.4 Å². The monoisotopic (exact) mass is 216 g/mol. The van der Waals surface area contributed by atoms with E-state index >= 15 is 0 Å². The molecule has 0 heterocycles. The number of hydrogen-bond donors (Lipinski definition) is 0. The third kappa shape index (κ3) is 3.46. The lowest BCUT2D eigenvalue weighted by atomic mass is 10.0. The van der Waals surface area contributed by atoms with Crippen molar-refractivity contribution in [3.8, 4) is 0 Å². The second kappa shape index (κ2) is 4.09. The molecule has 0 aliphatic rings. The molecule has 0 aromatic heterocycles. The van der Waals surface area contributed by atoms with Crippen LogP contribution in [0.25, 0.3) is 0 Å². The second-order valence-electron chi connectivity index (χ2n) is 3.58. The largest absolute Gasteiger partial charge is 0.306 e. The van der Waals surface area contributed by atoms with Gasteiger partial charge in [0.25, 0.3) is 0 Å². The fourth-order valence-electron chi connectivity index (χ4n) is 1.24. The van der Waals surface area contributed by atoms with Gasteiger partial charge in [0.15, 0.2) is 0 Å². The highest BCUT2D eigenvalue weighted by atomic mass is 32.3. The number of rotatable bonds is 3. The Labute approximate surface area is 84.0 Å². The van der Waals surface area contributed by atoms with Crippen LogP contribution >= 0.6 is 0 Å². The van der Waals surface area contributed by atoms with Crippen molar-refractivity contribution in [2.24, 2.45) is 0 Å². The lowest BCUT2D eigenvalue weighted by molar-refractivity contribution is 0.551. The first-order valence-corrected chi connectivity index (χ1v) is 5.95. The summed E-state index contributed by atoms with van der Waals surface area (Å²) in [6, 6.07) is 6.99. The summed E-state index contributed by atoms with van der Waals surface area (Å²) in [6.45, 7) is 4.01. The van der Waals surface area contributed by atoms with Gasteiger partial charge in [-0.05, 0) is 17.0 Å². The highest BCUT2D eigenvalue weighted by molar-refractivity contribution is 7.85. The second-order valence-corrected chi connectivity index (χ2v) is 4.95. The van der Waals surface area contributed by atoms with Crippen molar-refractivity contribution >= 4 is 10.2 Å². The standard InChI is InChI=1S/C10H13FO2S/c1-8(2)10-5-3-4-9(6-10)7-14(11,12)13/h3-6,8H,7H2,1-2H3. The molecule has 4 heteroatoms. The number of halogens is 1. The van der Waals surface area contributed by atoms with E-state index in [-0.39, 0.29) is 0 Å². The van der Waals surface area contributed by atoms with Gasteiger partial charge in [-0.3, -0.25) is 0 Å². The number of benzene rings is 1. The van der Waals surface area contributed by atoms with Crippen LogP contribution in [0.4, 0.5) is 3.89 Å². The van der Waals surface area contributed by atoms with E-state index in [1.54, 1.807) is 18.2 Å². The van der Waals surface area contributed by atoms with Crippen molar-refractivity contribution in [2.75, 3.05) is 0 Å². The molecule has 1 aromatic rings. The summed E-state index contributed by atoms with van der Waals surface area (Å²) in [7, 11) is -4.42. The molecule has 14 heavy (non-hydrogen) atoms. The van der Waals surface area contributed by atoms with Gasteiger partial charge >= 0.3 is 10.2 Å². The van der Waals surface area contributed by atoms with Crippen LogP contribution in [0.3, 0.4) is 0 Å². The Morgan fingerprint density at radius 1 is 1.36 bits per heavy atom. The maximum Gasteiger partial charge on any atom is 0.306 e. The quantitative estimate of drug-likeness (QED) is 0.728. The maximum atomic E-state index is 12.4. The molecule has 0 fully saturated rings. The van der Waals surface area contributed by atoms with E-state index in [0.717, 1.165) is 5.56 Å². The highest BCUT2D eigenvalue weighted by Crippen LogP contribution is 2.17. The summed E-state index contributed by atoms with van der Waals surface area (Å²) in [4.78, 5) is 0.